The zero-order valence-corrected chi connectivity index (χ0v) is 21.0. The highest BCUT2D eigenvalue weighted by Gasteiger charge is 2.24. The molecule has 0 fully saturated rings. The van der Waals surface area contributed by atoms with Crippen LogP contribution in [0.5, 0.6) is 17.4 Å². The Bertz CT molecular complexity index is 1630. The predicted molar refractivity (Wildman–Crippen MR) is 137 cm³/mol. The van der Waals surface area contributed by atoms with Gasteiger partial charge in [0.1, 0.15) is 11.3 Å². The average Bonchev–Trinajstić information content (AvgIpc) is 2.89. The molecule has 186 valence electrons. The number of amides is 1. The number of nitriles is 1. The van der Waals surface area contributed by atoms with E-state index in [4.69, 9.17) is 14.3 Å². The molecule has 0 aliphatic heterocycles. The third-order valence-electron chi connectivity index (χ3n) is 5.36. The number of methoxy groups -OCH3 is 1. The van der Waals surface area contributed by atoms with Crippen molar-refractivity contribution < 1.29 is 18.5 Å². The zero-order chi connectivity index (χ0) is 26.6. The summed E-state index contributed by atoms with van der Waals surface area (Å²) in [4.78, 5) is 18.2. The van der Waals surface area contributed by atoms with E-state index >= 15 is 0 Å². The van der Waals surface area contributed by atoms with Gasteiger partial charge in [-0.25, -0.2) is 8.99 Å². The first-order chi connectivity index (χ1) is 17.7. The summed E-state index contributed by atoms with van der Waals surface area (Å²) in [6.07, 6.45) is 2.91. The maximum absolute atomic E-state index is 13.6. The first-order valence-corrected chi connectivity index (χ1v) is 12.9. The number of nitrogens with one attached hydrogen (secondary N) is 2. The molecule has 2 heterocycles. The van der Waals surface area contributed by atoms with Gasteiger partial charge in [0.15, 0.2) is 11.5 Å². The van der Waals surface area contributed by atoms with Gasteiger partial charge in [-0.3, -0.25) is 9.78 Å². The Hall–Kier alpha value is -4.82. The molecule has 0 spiro atoms. The summed E-state index contributed by atoms with van der Waals surface area (Å²) in [5.74, 6) is -0.137. The second-order valence-electron chi connectivity index (χ2n) is 7.97. The standard InChI is InChI=1S/C26H22N6O4S/c1-16-23(25(33)30-18-7-6-8-19(14-18)37(3,28)34)26(32-31-24(16)20-9-4-5-12-29-20)36-21-11-10-17(15-27)13-22(21)35-2/h4-14,28H,1-3H3,(H,30,33). The number of hydrogen-bond acceptors (Lipinski definition) is 9. The first kappa shape index (κ1) is 25.3. The lowest BCUT2D eigenvalue weighted by molar-refractivity contribution is 0.102. The van der Waals surface area contributed by atoms with Crippen molar-refractivity contribution in [3.8, 4) is 34.8 Å². The van der Waals surface area contributed by atoms with Crippen molar-refractivity contribution in [1.29, 1.82) is 10.0 Å². The highest BCUT2D eigenvalue weighted by molar-refractivity contribution is 7.91. The predicted octanol–water partition coefficient (Wildman–Crippen LogP) is 4.81. The van der Waals surface area contributed by atoms with Crippen LogP contribution in [0, 0.1) is 23.0 Å². The lowest BCUT2D eigenvalue weighted by Gasteiger charge is -2.16. The van der Waals surface area contributed by atoms with Gasteiger partial charge in [-0.05, 0) is 55.0 Å². The molecule has 2 aromatic heterocycles. The fourth-order valence-electron chi connectivity index (χ4n) is 3.52. The number of ether oxygens (including phenoxy) is 2. The molecule has 10 nitrogen and oxygen atoms in total. The summed E-state index contributed by atoms with van der Waals surface area (Å²) >= 11 is 0. The quantitative estimate of drug-likeness (QED) is 0.357. The van der Waals surface area contributed by atoms with Gasteiger partial charge in [-0.1, -0.05) is 12.1 Å². The van der Waals surface area contributed by atoms with Crippen LogP contribution < -0.4 is 14.8 Å². The van der Waals surface area contributed by atoms with Crippen molar-refractivity contribution in [2.45, 2.75) is 11.8 Å². The molecule has 0 saturated carbocycles. The number of rotatable bonds is 7. The van der Waals surface area contributed by atoms with Gasteiger partial charge >= 0.3 is 0 Å². The normalized spacial score (nSPS) is 12.2. The van der Waals surface area contributed by atoms with E-state index in [2.05, 4.69) is 20.5 Å². The number of benzene rings is 2. The third-order valence-corrected chi connectivity index (χ3v) is 6.51. The first-order valence-electron chi connectivity index (χ1n) is 10.9. The molecule has 1 unspecified atom stereocenters. The summed E-state index contributed by atoms with van der Waals surface area (Å²) in [7, 11) is -1.55. The lowest BCUT2D eigenvalue weighted by Crippen LogP contribution is -2.17. The second-order valence-corrected chi connectivity index (χ2v) is 10.1. The molecule has 4 rings (SSSR count). The van der Waals surface area contributed by atoms with Crippen LogP contribution in [0.3, 0.4) is 0 Å². The van der Waals surface area contributed by atoms with Crippen LogP contribution in [0.25, 0.3) is 11.4 Å². The van der Waals surface area contributed by atoms with Crippen LogP contribution >= 0.6 is 0 Å². The molecule has 2 N–H and O–H groups in total. The molecular weight excluding hydrogens is 492 g/mol. The summed E-state index contributed by atoms with van der Waals surface area (Å²) in [5, 5.41) is 20.4. The Balaban J connectivity index is 1.81. The van der Waals surface area contributed by atoms with E-state index in [9.17, 15) is 14.3 Å². The Morgan fingerprint density at radius 2 is 1.89 bits per heavy atom. The van der Waals surface area contributed by atoms with Crippen LogP contribution in [0.1, 0.15) is 21.5 Å². The Morgan fingerprint density at radius 3 is 2.57 bits per heavy atom. The molecule has 0 saturated heterocycles. The molecule has 37 heavy (non-hydrogen) atoms. The van der Waals surface area contributed by atoms with Crippen molar-refractivity contribution in [2.24, 2.45) is 0 Å². The Labute approximate surface area is 213 Å². The fourth-order valence-corrected chi connectivity index (χ4v) is 4.21. The molecule has 0 radical (unpaired) electrons. The summed E-state index contributed by atoms with van der Waals surface area (Å²) in [6.45, 7) is 1.70. The monoisotopic (exact) mass is 514 g/mol. The smallest absolute Gasteiger partial charge is 0.261 e. The number of nitrogens with zero attached hydrogens (tertiary/aromatic N) is 4. The SMILES string of the molecule is COc1cc(C#N)ccc1Oc1nnc(-c2ccccn2)c(C)c1C(=O)Nc1cccc(S(C)(=N)=O)c1. The van der Waals surface area contributed by atoms with Gasteiger partial charge in [0.25, 0.3) is 11.8 Å². The Morgan fingerprint density at radius 1 is 1.08 bits per heavy atom. The van der Waals surface area contributed by atoms with Crippen molar-refractivity contribution >= 4 is 21.3 Å². The summed E-state index contributed by atoms with van der Waals surface area (Å²) in [6, 6.07) is 18.2. The van der Waals surface area contributed by atoms with E-state index in [1.807, 2.05) is 6.07 Å². The van der Waals surface area contributed by atoms with E-state index in [0.29, 0.717) is 28.2 Å². The number of hydrogen-bond donors (Lipinski definition) is 2. The van der Waals surface area contributed by atoms with Crippen LogP contribution in [-0.2, 0) is 9.73 Å². The molecule has 0 bridgehead atoms. The van der Waals surface area contributed by atoms with Gasteiger partial charge in [0.2, 0.25) is 0 Å². The van der Waals surface area contributed by atoms with E-state index < -0.39 is 15.6 Å². The lowest BCUT2D eigenvalue weighted by atomic mass is 10.1. The number of carbonyl (C=O) groups is 1. The van der Waals surface area contributed by atoms with Crippen molar-refractivity contribution in [3.63, 3.8) is 0 Å². The van der Waals surface area contributed by atoms with E-state index in [1.165, 1.54) is 25.5 Å². The number of anilines is 1. The van der Waals surface area contributed by atoms with Gasteiger partial charge in [0.05, 0.1) is 34.2 Å². The Kier molecular flexibility index (Phi) is 7.13. The molecule has 11 heteroatoms. The second kappa shape index (κ2) is 10.4. The molecular formula is C26H22N6O4S. The van der Waals surface area contributed by atoms with Crippen LogP contribution in [0.2, 0.25) is 0 Å². The number of pyridine rings is 1. The van der Waals surface area contributed by atoms with E-state index in [-0.39, 0.29) is 27.8 Å². The highest BCUT2D eigenvalue weighted by Crippen LogP contribution is 2.35. The molecule has 0 aliphatic rings. The molecule has 0 aliphatic carbocycles. The van der Waals surface area contributed by atoms with Crippen molar-refractivity contribution in [3.05, 3.63) is 83.6 Å². The third kappa shape index (κ3) is 5.55. The number of carbonyl (C=O) groups excluding carboxylic acids is 1. The molecule has 4 aromatic rings. The van der Waals surface area contributed by atoms with Crippen LogP contribution in [0.4, 0.5) is 5.69 Å². The van der Waals surface area contributed by atoms with Gasteiger partial charge in [0, 0.05) is 29.1 Å². The maximum Gasteiger partial charge on any atom is 0.261 e. The topological polar surface area (TPSA) is 151 Å². The number of aromatic nitrogens is 3. The summed E-state index contributed by atoms with van der Waals surface area (Å²) < 4.78 is 31.3. The molecule has 2 aromatic carbocycles. The highest BCUT2D eigenvalue weighted by atomic mass is 32.2. The molecule has 1 atom stereocenters. The van der Waals surface area contributed by atoms with Gasteiger partial charge < -0.3 is 14.8 Å². The minimum atomic E-state index is -2.98. The maximum atomic E-state index is 13.6. The fraction of sp³-hybridized carbons (Fsp3) is 0.115. The van der Waals surface area contributed by atoms with Gasteiger partial charge in [-0.2, -0.15) is 5.26 Å². The minimum Gasteiger partial charge on any atom is -0.493 e. The summed E-state index contributed by atoms with van der Waals surface area (Å²) in [5.41, 5.74) is 2.19. The largest absolute Gasteiger partial charge is 0.493 e. The van der Waals surface area contributed by atoms with Crippen molar-refractivity contribution in [2.75, 3.05) is 18.7 Å². The molecule has 1 amide bonds. The van der Waals surface area contributed by atoms with Crippen LogP contribution in [0.15, 0.2) is 71.8 Å². The zero-order valence-electron chi connectivity index (χ0n) is 20.2. The van der Waals surface area contributed by atoms with Gasteiger partial charge in [-0.15, -0.1) is 10.2 Å². The van der Waals surface area contributed by atoms with Crippen LogP contribution in [-0.4, -0.2) is 38.7 Å². The minimum absolute atomic E-state index is 0.0892. The van der Waals surface area contributed by atoms with E-state index in [0.717, 1.165) is 0 Å². The van der Waals surface area contributed by atoms with E-state index in [1.54, 1.807) is 61.7 Å². The average molecular weight is 515 g/mol. The van der Waals surface area contributed by atoms with Crippen molar-refractivity contribution in [1.82, 2.24) is 15.2 Å².